The van der Waals surface area contributed by atoms with E-state index in [1.54, 1.807) is 12.1 Å². The van der Waals surface area contributed by atoms with E-state index in [4.69, 9.17) is 5.11 Å². The van der Waals surface area contributed by atoms with E-state index in [1.165, 1.54) is 22.7 Å². The summed E-state index contributed by atoms with van der Waals surface area (Å²) in [5.41, 5.74) is 0.138. The first-order chi connectivity index (χ1) is 8.47. The van der Waals surface area contributed by atoms with Crippen molar-refractivity contribution in [1.82, 2.24) is 0 Å². The molecule has 6 heteroatoms. The number of hydrogen-bond acceptors (Lipinski definition) is 4. The highest BCUT2D eigenvalue weighted by Crippen LogP contribution is 2.28. The zero-order chi connectivity index (χ0) is 13.3. The number of rotatable bonds is 3. The van der Waals surface area contributed by atoms with Crippen LogP contribution in [0.5, 0.6) is 0 Å². The summed E-state index contributed by atoms with van der Waals surface area (Å²) in [6.07, 6.45) is 0. The monoisotopic (exact) mass is 281 g/mol. The normalized spacial score (nSPS) is 10.3. The van der Waals surface area contributed by atoms with Crippen molar-refractivity contribution in [1.29, 1.82) is 0 Å². The Bertz CT molecular complexity index is 613. The predicted molar refractivity (Wildman–Crippen MR) is 73.0 cm³/mol. The van der Waals surface area contributed by atoms with Gasteiger partial charge in [-0.2, -0.15) is 0 Å². The van der Waals surface area contributed by atoms with Crippen LogP contribution in [0.3, 0.4) is 0 Å². The smallest absolute Gasteiger partial charge is 0.338 e. The lowest BCUT2D eigenvalue weighted by Crippen LogP contribution is -2.11. The van der Waals surface area contributed by atoms with Gasteiger partial charge in [0.1, 0.15) is 5.00 Å². The number of carbonyl (C=O) groups is 2. The average Bonchev–Trinajstić information content (AvgIpc) is 2.85. The van der Waals surface area contributed by atoms with Crippen LogP contribution in [-0.4, -0.2) is 17.0 Å². The fraction of sp³-hybridized carbons (Fsp3) is 0.167. The molecular weight excluding hydrogens is 270 g/mol. The molecule has 0 spiro atoms. The summed E-state index contributed by atoms with van der Waals surface area (Å²) in [5, 5.41) is 12.1. The molecule has 2 heterocycles. The summed E-state index contributed by atoms with van der Waals surface area (Å²) in [7, 11) is 0. The molecule has 0 aromatic carbocycles. The molecule has 0 aliphatic carbocycles. The van der Waals surface area contributed by atoms with Crippen LogP contribution in [0.25, 0.3) is 0 Å². The SMILES string of the molecule is Cc1ccc(C(=O)Nc2sc(C)cc2C(=O)O)s1. The second-order valence-electron chi connectivity index (χ2n) is 3.77. The van der Waals surface area contributed by atoms with E-state index in [0.29, 0.717) is 9.88 Å². The number of nitrogens with one attached hydrogen (secondary N) is 1. The lowest BCUT2D eigenvalue weighted by molar-refractivity contribution is 0.0698. The topological polar surface area (TPSA) is 66.4 Å². The number of carboxylic acids is 1. The minimum absolute atomic E-state index is 0.138. The van der Waals surface area contributed by atoms with Gasteiger partial charge in [-0.25, -0.2) is 4.79 Å². The van der Waals surface area contributed by atoms with Crippen molar-refractivity contribution in [2.45, 2.75) is 13.8 Å². The maximum Gasteiger partial charge on any atom is 0.338 e. The van der Waals surface area contributed by atoms with Crippen molar-refractivity contribution in [3.05, 3.63) is 38.4 Å². The summed E-state index contributed by atoms with van der Waals surface area (Å²) in [5.74, 6) is -1.30. The molecule has 18 heavy (non-hydrogen) atoms. The molecule has 94 valence electrons. The highest BCUT2D eigenvalue weighted by Gasteiger charge is 2.17. The predicted octanol–water partition coefficient (Wildman–Crippen LogP) is 3.38. The summed E-state index contributed by atoms with van der Waals surface area (Å²) >= 11 is 2.65. The molecule has 2 N–H and O–H groups in total. The van der Waals surface area contributed by atoms with Gasteiger partial charge < -0.3 is 10.4 Å². The Hall–Kier alpha value is -1.66. The van der Waals surface area contributed by atoms with E-state index in [1.807, 2.05) is 19.9 Å². The lowest BCUT2D eigenvalue weighted by Gasteiger charge is -2.01. The van der Waals surface area contributed by atoms with E-state index < -0.39 is 5.97 Å². The van der Waals surface area contributed by atoms with Crippen LogP contribution in [0.15, 0.2) is 18.2 Å². The van der Waals surface area contributed by atoms with Crippen molar-refractivity contribution in [2.75, 3.05) is 5.32 Å². The number of aromatic carboxylic acids is 1. The van der Waals surface area contributed by atoms with E-state index in [2.05, 4.69) is 5.32 Å². The van der Waals surface area contributed by atoms with Crippen LogP contribution < -0.4 is 5.32 Å². The number of aryl methyl sites for hydroxylation is 2. The molecule has 0 aliphatic rings. The molecule has 4 nitrogen and oxygen atoms in total. The molecule has 0 unspecified atom stereocenters. The van der Waals surface area contributed by atoms with E-state index in [0.717, 1.165) is 9.75 Å². The molecule has 0 saturated heterocycles. The van der Waals surface area contributed by atoms with E-state index >= 15 is 0 Å². The number of amides is 1. The van der Waals surface area contributed by atoms with Gasteiger partial charge in [-0.3, -0.25) is 4.79 Å². The van der Waals surface area contributed by atoms with Gasteiger partial charge in [0.2, 0.25) is 0 Å². The molecule has 1 amide bonds. The number of hydrogen-bond donors (Lipinski definition) is 2. The fourth-order valence-corrected chi connectivity index (χ4v) is 3.15. The number of thiophene rings is 2. The second-order valence-corrected chi connectivity index (χ2v) is 6.31. The lowest BCUT2D eigenvalue weighted by atomic mass is 10.3. The van der Waals surface area contributed by atoms with Crippen molar-refractivity contribution in [3.63, 3.8) is 0 Å². The van der Waals surface area contributed by atoms with Crippen LogP contribution in [0, 0.1) is 13.8 Å². The first kappa shape index (κ1) is 12.8. The van der Waals surface area contributed by atoms with Crippen LogP contribution in [-0.2, 0) is 0 Å². The highest BCUT2D eigenvalue weighted by atomic mass is 32.1. The number of carboxylic acid groups (broad SMARTS) is 1. The molecule has 2 aromatic rings. The summed E-state index contributed by atoms with van der Waals surface area (Å²) in [6.45, 7) is 3.72. The Morgan fingerprint density at radius 2 is 1.89 bits per heavy atom. The first-order valence-corrected chi connectivity index (χ1v) is 6.82. The van der Waals surface area contributed by atoms with Crippen molar-refractivity contribution >= 4 is 39.6 Å². The fourth-order valence-electron chi connectivity index (χ4n) is 1.49. The Morgan fingerprint density at radius 3 is 2.44 bits per heavy atom. The maximum absolute atomic E-state index is 11.9. The molecule has 0 radical (unpaired) electrons. The number of anilines is 1. The second kappa shape index (κ2) is 4.91. The Balaban J connectivity index is 2.24. The highest BCUT2D eigenvalue weighted by molar-refractivity contribution is 7.17. The van der Waals surface area contributed by atoms with Gasteiger partial charge in [0.25, 0.3) is 5.91 Å². The third-order valence-corrected chi connectivity index (χ3v) is 4.24. The molecule has 2 rings (SSSR count). The van der Waals surface area contributed by atoms with Crippen molar-refractivity contribution < 1.29 is 14.7 Å². The van der Waals surface area contributed by atoms with Gasteiger partial charge >= 0.3 is 5.97 Å². The van der Waals surface area contributed by atoms with Crippen LogP contribution in [0.1, 0.15) is 29.8 Å². The molecule has 0 atom stereocenters. The summed E-state index contributed by atoms with van der Waals surface area (Å²) in [6, 6.07) is 5.15. The quantitative estimate of drug-likeness (QED) is 0.906. The molecule has 0 bridgehead atoms. The van der Waals surface area contributed by atoms with Crippen molar-refractivity contribution in [3.8, 4) is 0 Å². The van der Waals surface area contributed by atoms with Gasteiger partial charge in [0, 0.05) is 9.75 Å². The van der Waals surface area contributed by atoms with Crippen molar-refractivity contribution in [2.24, 2.45) is 0 Å². The van der Waals surface area contributed by atoms with Gasteiger partial charge in [-0.05, 0) is 32.0 Å². The van der Waals surface area contributed by atoms with Crippen LogP contribution in [0.4, 0.5) is 5.00 Å². The van der Waals surface area contributed by atoms with E-state index in [9.17, 15) is 9.59 Å². The maximum atomic E-state index is 11.9. The minimum atomic E-state index is -1.03. The van der Waals surface area contributed by atoms with Gasteiger partial charge in [0.15, 0.2) is 0 Å². The molecule has 0 fully saturated rings. The largest absolute Gasteiger partial charge is 0.478 e. The van der Waals surface area contributed by atoms with Crippen LogP contribution in [0.2, 0.25) is 0 Å². The third kappa shape index (κ3) is 2.60. The minimum Gasteiger partial charge on any atom is -0.478 e. The Kier molecular flexibility index (Phi) is 3.49. The third-order valence-electron chi connectivity index (χ3n) is 2.28. The zero-order valence-electron chi connectivity index (χ0n) is 9.81. The number of carbonyl (C=O) groups excluding carboxylic acids is 1. The average molecular weight is 281 g/mol. The molecule has 0 aliphatic heterocycles. The summed E-state index contributed by atoms with van der Waals surface area (Å²) < 4.78 is 0. The summed E-state index contributed by atoms with van der Waals surface area (Å²) in [4.78, 5) is 25.4. The van der Waals surface area contributed by atoms with E-state index in [-0.39, 0.29) is 11.5 Å². The molecule has 2 aromatic heterocycles. The molecule has 0 saturated carbocycles. The van der Waals surface area contributed by atoms with Gasteiger partial charge in [0.05, 0.1) is 10.4 Å². The zero-order valence-corrected chi connectivity index (χ0v) is 11.4. The van der Waals surface area contributed by atoms with Crippen LogP contribution >= 0.6 is 22.7 Å². The van der Waals surface area contributed by atoms with Gasteiger partial charge in [-0.1, -0.05) is 0 Å². The Morgan fingerprint density at radius 1 is 1.17 bits per heavy atom. The first-order valence-electron chi connectivity index (χ1n) is 5.19. The van der Waals surface area contributed by atoms with Gasteiger partial charge in [-0.15, -0.1) is 22.7 Å². The standard InChI is InChI=1S/C12H11NO3S2/c1-6-3-4-9(17-6)10(14)13-11-8(12(15)16)5-7(2)18-11/h3-5H,1-2H3,(H,13,14)(H,15,16). The molecular formula is C12H11NO3S2. The Labute approximate surface area is 112 Å².